The van der Waals surface area contributed by atoms with Crippen LogP contribution in [0.3, 0.4) is 0 Å². The monoisotopic (exact) mass is 403 g/mol. The molecule has 0 aliphatic rings. The molecule has 3 rings (SSSR count). The van der Waals surface area contributed by atoms with Gasteiger partial charge in [0.2, 0.25) is 0 Å². The van der Waals surface area contributed by atoms with Crippen molar-refractivity contribution in [2.45, 2.75) is 39.8 Å². The minimum atomic E-state index is -0.860. The molecule has 8 heteroatoms. The lowest BCUT2D eigenvalue weighted by atomic mass is 10.2. The Labute approximate surface area is 166 Å². The molecule has 1 atom stereocenters. The highest BCUT2D eigenvalue weighted by atomic mass is 32.1. The quantitative estimate of drug-likeness (QED) is 0.611. The van der Waals surface area contributed by atoms with E-state index in [1.807, 2.05) is 13.8 Å². The molecule has 1 N–H and O–H groups in total. The molecule has 3 aromatic rings. The first kappa shape index (κ1) is 20.0. The van der Waals surface area contributed by atoms with Crippen molar-refractivity contribution in [2.24, 2.45) is 0 Å². The summed E-state index contributed by atoms with van der Waals surface area (Å²) in [5, 5.41) is 8.08. The van der Waals surface area contributed by atoms with Crippen LogP contribution in [-0.4, -0.2) is 34.3 Å². The van der Waals surface area contributed by atoms with E-state index in [4.69, 9.17) is 4.74 Å². The second-order valence-corrected chi connectivity index (χ2v) is 7.57. The van der Waals surface area contributed by atoms with Crippen molar-refractivity contribution in [1.82, 2.24) is 15.1 Å². The highest BCUT2D eigenvalue weighted by Crippen LogP contribution is 2.29. The number of carbonyl (C=O) groups is 2. The number of nitrogens with zero attached hydrogens (tertiary/aromatic N) is 2. The van der Waals surface area contributed by atoms with E-state index >= 15 is 0 Å². The van der Waals surface area contributed by atoms with Crippen LogP contribution in [0.2, 0.25) is 0 Å². The largest absolute Gasteiger partial charge is 0.448 e. The molecule has 0 unspecified atom stereocenters. The van der Waals surface area contributed by atoms with Gasteiger partial charge >= 0.3 is 5.97 Å². The molecule has 0 spiro atoms. The average molecular weight is 403 g/mol. The van der Waals surface area contributed by atoms with Crippen molar-refractivity contribution < 1.29 is 18.7 Å². The molecular weight excluding hydrogens is 381 g/mol. The van der Waals surface area contributed by atoms with Gasteiger partial charge in [-0.2, -0.15) is 5.10 Å². The molecule has 0 fully saturated rings. The topological polar surface area (TPSA) is 73.2 Å². The number of aryl methyl sites for hydroxylation is 1. The summed E-state index contributed by atoms with van der Waals surface area (Å²) in [5.74, 6) is -1.13. The van der Waals surface area contributed by atoms with Gasteiger partial charge in [-0.3, -0.25) is 9.48 Å². The van der Waals surface area contributed by atoms with Gasteiger partial charge in [-0.05, 0) is 44.0 Å². The first-order valence-corrected chi connectivity index (χ1v) is 9.90. The second-order valence-electron chi connectivity index (χ2n) is 6.54. The fourth-order valence-electron chi connectivity index (χ4n) is 2.75. The van der Waals surface area contributed by atoms with Crippen LogP contribution >= 0.6 is 11.3 Å². The molecule has 6 nitrogen and oxygen atoms in total. The maximum Gasteiger partial charge on any atom is 0.349 e. The van der Waals surface area contributed by atoms with Gasteiger partial charge in [0.15, 0.2) is 6.10 Å². The summed E-state index contributed by atoms with van der Waals surface area (Å²) in [7, 11) is 0. The van der Waals surface area contributed by atoms with Crippen molar-refractivity contribution in [3.8, 4) is 0 Å². The summed E-state index contributed by atoms with van der Waals surface area (Å²) >= 11 is 1.27. The zero-order chi connectivity index (χ0) is 20.3. The molecule has 28 heavy (non-hydrogen) atoms. The molecule has 0 aliphatic carbocycles. The summed E-state index contributed by atoms with van der Waals surface area (Å²) in [5.41, 5.74) is 1.70. The summed E-state index contributed by atoms with van der Waals surface area (Å²) in [4.78, 5) is 25.6. The van der Waals surface area contributed by atoms with Crippen LogP contribution in [0.25, 0.3) is 10.2 Å². The predicted molar refractivity (Wildman–Crippen MR) is 106 cm³/mol. The summed E-state index contributed by atoms with van der Waals surface area (Å²) in [6.45, 7) is 6.38. The number of halogens is 1. The number of amides is 1. The lowest BCUT2D eigenvalue weighted by Crippen LogP contribution is -2.36. The van der Waals surface area contributed by atoms with Gasteiger partial charge < -0.3 is 10.1 Å². The number of ether oxygens (including phenoxy) is 1. The molecule has 148 valence electrons. The molecule has 0 bridgehead atoms. The number of hydrogen-bond acceptors (Lipinski definition) is 5. The van der Waals surface area contributed by atoms with Crippen molar-refractivity contribution in [1.29, 1.82) is 0 Å². The number of fused-ring (bicyclic) bond motifs is 1. The first-order valence-electron chi connectivity index (χ1n) is 9.09. The van der Waals surface area contributed by atoms with Crippen LogP contribution in [0.5, 0.6) is 0 Å². The number of aromatic nitrogens is 2. The normalized spacial score (nSPS) is 12.1. The minimum Gasteiger partial charge on any atom is -0.448 e. The number of nitrogens with one attached hydrogen (secondary N) is 1. The molecular formula is C20H22FN3O3S. The standard InChI is InChI=1S/C20H22FN3O3S/c1-4-9-22-18(25)13(3)27-20(26)17-10-16-12(2)23-24(19(16)28-17)11-14-5-7-15(21)8-6-14/h5-8,10,13H,4,9,11H2,1-3H3,(H,22,25)/t13-/m0/s1. The van der Waals surface area contributed by atoms with Crippen molar-refractivity contribution in [3.05, 3.63) is 52.3 Å². The Morgan fingerprint density at radius 2 is 2.04 bits per heavy atom. The van der Waals surface area contributed by atoms with Crippen molar-refractivity contribution in [3.63, 3.8) is 0 Å². The minimum absolute atomic E-state index is 0.288. The number of thiophene rings is 1. The molecule has 0 saturated heterocycles. The average Bonchev–Trinajstić information content (AvgIpc) is 3.23. The highest BCUT2D eigenvalue weighted by Gasteiger charge is 2.22. The van der Waals surface area contributed by atoms with E-state index in [-0.39, 0.29) is 11.7 Å². The van der Waals surface area contributed by atoms with E-state index < -0.39 is 12.1 Å². The van der Waals surface area contributed by atoms with E-state index in [0.29, 0.717) is 18.0 Å². The smallest absolute Gasteiger partial charge is 0.349 e. The number of benzene rings is 1. The third-order valence-corrected chi connectivity index (χ3v) is 5.38. The third-order valence-electron chi connectivity index (χ3n) is 4.26. The Hall–Kier alpha value is -2.74. The van der Waals surface area contributed by atoms with E-state index in [1.54, 1.807) is 29.8 Å². The van der Waals surface area contributed by atoms with Gasteiger partial charge in [0.05, 0.1) is 12.2 Å². The molecule has 0 radical (unpaired) electrons. The van der Waals surface area contributed by atoms with E-state index in [9.17, 15) is 14.0 Å². The predicted octanol–water partition coefficient (Wildman–Crippen LogP) is 3.67. The van der Waals surface area contributed by atoms with Gasteiger partial charge in [-0.15, -0.1) is 11.3 Å². The maximum atomic E-state index is 13.1. The van der Waals surface area contributed by atoms with E-state index in [2.05, 4.69) is 10.4 Å². The van der Waals surface area contributed by atoms with Gasteiger partial charge in [0.25, 0.3) is 5.91 Å². The molecule has 1 amide bonds. The van der Waals surface area contributed by atoms with Gasteiger partial charge in [0.1, 0.15) is 15.5 Å². The van der Waals surface area contributed by atoms with Crippen LogP contribution in [0.15, 0.2) is 30.3 Å². The third kappa shape index (κ3) is 4.39. The lowest BCUT2D eigenvalue weighted by molar-refractivity contribution is -0.129. The van der Waals surface area contributed by atoms with E-state index in [0.717, 1.165) is 27.9 Å². The highest BCUT2D eigenvalue weighted by molar-refractivity contribution is 7.20. The van der Waals surface area contributed by atoms with Crippen LogP contribution in [-0.2, 0) is 16.1 Å². The number of rotatable bonds is 7. The molecule has 2 heterocycles. The Bertz CT molecular complexity index is 994. The van der Waals surface area contributed by atoms with Gasteiger partial charge in [-0.25, -0.2) is 9.18 Å². The molecule has 1 aromatic carbocycles. The first-order chi connectivity index (χ1) is 13.4. The van der Waals surface area contributed by atoms with Gasteiger partial charge in [-0.1, -0.05) is 19.1 Å². The Balaban J connectivity index is 1.77. The van der Waals surface area contributed by atoms with E-state index in [1.165, 1.54) is 23.5 Å². The van der Waals surface area contributed by atoms with Crippen LogP contribution < -0.4 is 5.32 Å². The Kier molecular flexibility index (Phi) is 6.08. The number of carbonyl (C=O) groups excluding carboxylic acids is 2. The Morgan fingerprint density at radius 1 is 1.32 bits per heavy atom. The fraction of sp³-hybridized carbons (Fsp3) is 0.350. The van der Waals surface area contributed by atoms with Gasteiger partial charge in [0, 0.05) is 11.9 Å². The summed E-state index contributed by atoms with van der Waals surface area (Å²) < 4.78 is 20.2. The number of hydrogen-bond donors (Lipinski definition) is 1. The van der Waals surface area contributed by atoms with Crippen molar-refractivity contribution in [2.75, 3.05) is 6.54 Å². The zero-order valence-corrected chi connectivity index (χ0v) is 16.8. The SMILES string of the molecule is CCCNC(=O)[C@H](C)OC(=O)c1cc2c(C)nn(Cc3ccc(F)cc3)c2s1. The van der Waals surface area contributed by atoms with Crippen molar-refractivity contribution >= 4 is 33.4 Å². The Morgan fingerprint density at radius 3 is 2.71 bits per heavy atom. The summed E-state index contributed by atoms with van der Waals surface area (Å²) in [6, 6.07) is 7.97. The van der Waals surface area contributed by atoms with Crippen LogP contribution in [0, 0.1) is 12.7 Å². The summed E-state index contributed by atoms with van der Waals surface area (Å²) in [6.07, 6.45) is -0.0481. The zero-order valence-electron chi connectivity index (χ0n) is 16.0. The molecule has 0 aliphatic heterocycles. The molecule has 0 saturated carbocycles. The van der Waals surface area contributed by atoms with Crippen LogP contribution in [0.4, 0.5) is 4.39 Å². The maximum absolute atomic E-state index is 13.1. The fourth-order valence-corrected chi connectivity index (χ4v) is 3.79. The lowest BCUT2D eigenvalue weighted by Gasteiger charge is -2.12. The number of esters is 1. The second kappa shape index (κ2) is 8.52. The van der Waals surface area contributed by atoms with Crippen LogP contribution in [0.1, 0.15) is 41.2 Å². The molecule has 2 aromatic heterocycles.